The zero-order valence-electron chi connectivity index (χ0n) is 9.00. The smallest absolute Gasteiger partial charge is 0.410 e. The van der Waals surface area contributed by atoms with E-state index in [0.717, 1.165) is 0 Å². The molecule has 1 N–H and O–H groups in total. The molecule has 0 rings (SSSR count). The number of rotatable bonds is 2. The van der Waals surface area contributed by atoms with Crippen LogP contribution in [0.1, 0.15) is 27.7 Å². The Balaban J connectivity index is 4.12. The van der Waals surface area contributed by atoms with Gasteiger partial charge in [-0.05, 0) is 27.7 Å². The third-order valence-corrected chi connectivity index (χ3v) is 1.61. The van der Waals surface area contributed by atoms with Crippen molar-refractivity contribution in [2.75, 3.05) is 13.7 Å². The maximum absolute atomic E-state index is 11.4. The average Bonchev–Trinajstić information content (AvgIpc) is 1.98. The summed E-state index contributed by atoms with van der Waals surface area (Å²) in [5.41, 5.74) is -0.486. The van der Waals surface area contributed by atoms with Crippen LogP contribution >= 0.6 is 0 Å². The molecule has 0 saturated heterocycles. The zero-order chi connectivity index (χ0) is 10.6. The van der Waals surface area contributed by atoms with Crippen molar-refractivity contribution in [3.63, 3.8) is 0 Å². The molecule has 0 radical (unpaired) electrons. The van der Waals surface area contributed by atoms with Crippen molar-refractivity contribution < 1.29 is 14.6 Å². The Kier molecular flexibility index (Phi) is 4.20. The predicted molar refractivity (Wildman–Crippen MR) is 50.5 cm³/mol. The minimum Gasteiger partial charge on any atom is -0.444 e. The highest BCUT2D eigenvalue weighted by molar-refractivity contribution is 5.68. The van der Waals surface area contributed by atoms with Gasteiger partial charge in [-0.15, -0.1) is 0 Å². The molecule has 0 heterocycles. The van der Waals surface area contributed by atoms with Gasteiger partial charge in [0, 0.05) is 7.05 Å². The van der Waals surface area contributed by atoms with E-state index in [-0.39, 0.29) is 12.6 Å². The lowest BCUT2D eigenvalue weighted by atomic mass is 10.2. The molecule has 78 valence electrons. The van der Waals surface area contributed by atoms with E-state index in [1.165, 1.54) is 4.90 Å². The highest BCUT2D eigenvalue weighted by Gasteiger charge is 2.22. The van der Waals surface area contributed by atoms with Crippen molar-refractivity contribution in [3.05, 3.63) is 0 Å². The number of hydrogen-bond donors (Lipinski definition) is 1. The Hall–Kier alpha value is -0.770. The first-order valence-corrected chi connectivity index (χ1v) is 4.34. The van der Waals surface area contributed by atoms with E-state index in [2.05, 4.69) is 0 Å². The molecule has 0 aliphatic carbocycles. The van der Waals surface area contributed by atoms with Crippen LogP contribution in [-0.2, 0) is 4.74 Å². The van der Waals surface area contributed by atoms with Gasteiger partial charge in [0.25, 0.3) is 0 Å². The summed E-state index contributed by atoms with van der Waals surface area (Å²) in [6, 6.07) is -0.213. The van der Waals surface area contributed by atoms with Crippen molar-refractivity contribution in [1.29, 1.82) is 0 Å². The average molecular weight is 189 g/mol. The summed E-state index contributed by atoms with van der Waals surface area (Å²) in [5.74, 6) is 0. The molecule has 4 heteroatoms. The molecule has 0 aliphatic heterocycles. The highest BCUT2D eigenvalue weighted by Crippen LogP contribution is 2.10. The number of aliphatic hydroxyl groups is 1. The van der Waals surface area contributed by atoms with E-state index in [1.54, 1.807) is 14.0 Å². The minimum atomic E-state index is -0.486. The first kappa shape index (κ1) is 12.2. The molecule has 0 aliphatic rings. The van der Waals surface area contributed by atoms with Gasteiger partial charge in [-0.3, -0.25) is 0 Å². The van der Waals surface area contributed by atoms with Crippen LogP contribution in [-0.4, -0.2) is 41.4 Å². The summed E-state index contributed by atoms with van der Waals surface area (Å²) in [7, 11) is 1.61. The molecule has 0 unspecified atom stereocenters. The summed E-state index contributed by atoms with van der Waals surface area (Å²) in [4.78, 5) is 12.7. The Morgan fingerprint density at radius 2 is 2.00 bits per heavy atom. The van der Waals surface area contributed by atoms with Crippen molar-refractivity contribution in [2.24, 2.45) is 0 Å². The maximum Gasteiger partial charge on any atom is 0.410 e. The Bertz CT molecular complexity index is 174. The van der Waals surface area contributed by atoms with Gasteiger partial charge in [0.1, 0.15) is 5.60 Å². The van der Waals surface area contributed by atoms with Crippen molar-refractivity contribution in [1.82, 2.24) is 4.90 Å². The zero-order valence-corrected chi connectivity index (χ0v) is 9.00. The molecular weight excluding hydrogens is 170 g/mol. The largest absolute Gasteiger partial charge is 0.444 e. The maximum atomic E-state index is 11.4. The Labute approximate surface area is 79.5 Å². The lowest BCUT2D eigenvalue weighted by molar-refractivity contribution is 0.0183. The van der Waals surface area contributed by atoms with Crippen LogP contribution in [0, 0.1) is 0 Å². The number of likely N-dealkylation sites (N-methyl/N-ethyl adjacent to an activating group) is 1. The van der Waals surface area contributed by atoms with Gasteiger partial charge in [-0.25, -0.2) is 4.79 Å². The van der Waals surface area contributed by atoms with Crippen LogP contribution in [0.2, 0.25) is 0 Å². The number of hydrogen-bond acceptors (Lipinski definition) is 3. The molecule has 0 fully saturated rings. The van der Waals surface area contributed by atoms with E-state index >= 15 is 0 Å². The van der Waals surface area contributed by atoms with Crippen molar-refractivity contribution in [3.8, 4) is 0 Å². The minimum absolute atomic E-state index is 0.0598. The molecule has 0 aromatic carbocycles. The van der Waals surface area contributed by atoms with Crippen LogP contribution in [0.15, 0.2) is 0 Å². The quantitative estimate of drug-likeness (QED) is 0.711. The SMILES string of the molecule is C[C@H](CO)N(C)C(=O)OC(C)(C)C. The van der Waals surface area contributed by atoms with Crippen molar-refractivity contribution >= 4 is 6.09 Å². The van der Waals surface area contributed by atoms with E-state index in [9.17, 15) is 4.79 Å². The molecule has 13 heavy (non-hydrogen) atoms. The fraction of sp³-hybridized carbons (Fsp3) is 0.889. The fourth-order valence-electron chi connectivity index (χ4n) is 0.636. The number of ether oxygens (including phenoxy) is 1. The summed E-state index contributed by atoms with van der Waals surface area (Å²) in [6.45, 7) is 7.12. The highest BCUT2D eigenvalue weighted by atomic mass is 16.6. The van der Waals surface area contributed by atoms with Crippen LogP contribution in [0.5, 0.6) is 0 Å². The van der Waals surface area contributed by atoms with Gasteiger partial charge >= 0.3 is 6.09 Å². The van der Waals surface area contributed by atoms with Crippen molar-refractivity contribution in [2.45, 2.75) is 39.3 Å². The predicted octanol–water partition coefficient (Wildman–Crippen LogP) is 1.23. The molecule has 0 aromatic heterocycles. The third kappa shape index (κ3) is 4.72. The fourth-order valence-corrected chi connectivity index (χ4v) is 0.636. The van der Waals surface area contributed by atoms with Crippen LogP contribution in [0.4, 0.5) is 4.79 Å². The van der Waals surface area contributed by atoms with Gasteiger partial charge in [0.2, 0.25) is 0 Å². The molecule has 0 aromatic rings. The number of carbonyl (C=O) groups is 1. The Morgan fingerprint density at radius 1 is 1.54 bits per heavy atom. The van der Waals surface area contributed by atoms with Crippen LogP contribution in [0.3, 0.4) is 0 Å². The van der Waals surface area contributed by atoms with Gasteiger partial charge in [-0.1, -0.05) is 0 Å². The van der Waals surface area contributed by atoms with Gasteiger partial charge in [-0.2, -0.15) is 0 Å². The molecular formula is C9H19NO3. The lowest BCUT2D eigenvalue weighted by Crippen LogP contribution is -2.40. The van der Waals surface area contributed by atoms with Crippen LogP contribution < -0.4 is 0 Å². The first-order valence-electron chi connectivity index (χ1n) is 4.34. The summed E-state index contributed by atoms with van der Waals surface area (Å²) < 4.78 is 5.10. The molecule has 0 bridgehead atoms. The molecule has 0 spiro atoms. The van der Waals surface area contributed by atoms with E-state index in [1.807, 2.05) is 20.8 Å². The molecule has 1 atom stereocenters. The number of carbonyl (C=O) groups excluding carboxylic acids is 1. The first-order chi connectivity index (χ1) is 5.78. The molecule has 4 nitrogen and oxygen atoms in total. The van der Waals surface area contributed by atoms with Gasteiger partial charge in [0.15, 0.2) is 0 Å². The summed E-state index contributed by atoms with van der Waals surface area (Å²) >= 11 is 0. The summed E-state index contributed by atoms with van der Waals surface area (Å²) in [6.07, 6.45) is -0.408. The van der Waals surface area contributed by atoms with Gasteiger partial charge in [0.05, 0.1) is 12.6 Å². The number of nitrogens with zero attached hydrogens (tertiary/aromatic N) is 1. The topological polar surface area (TPSA) is 49.8 Å². The normalized spacial score (nSPS) is 13.7. The Morgan fingerprint density at radius 3 is 2.31 bits per heavy atom. The van der Waals surface area contributed by atoms with E-state index in [4.69, 9.17) is 9.84 Å². The van der Waals surface area contributed by atoms with E-state index in [0.29, 0.717) is 0 Å². The second-order valence-corrected chi connectivity index (χ2v) is 4.12. The lowest BCUT2D eigenvalue weighted by Gasteiger charge is -2.27. The summed E-state index contributed by atoms with van der Waals surface area (Å²) in [5, 5.41) is 8.80. The molecule has 0 saturated carbocycles. The van der Waals surface area contributed by atoms with Crippen LogP contribution in [0.25, 0.3) is 0 Å². The second-order valence-electron chi connectivity index (χ2n) is 4.12. The third-order valence-electron chi connectivity index (χ3n) is 1.61. The number of amides is 1. The van der Waals surface area contributed by atoms with E-state index < -0.39 is 11.7 Å². The molecule has 1 amide bonds. The second kappa shape index (κ2) is 4.46. The standard InChI is InChI=1S/C9H19NO3/c1-7(6-11)10(5)8(12)13-9(2,3)4/h7,11H,6H2,1-5H3/t7-/m1/s1. The van der Waals surface area contributed by atoms with Gasteiger partial charge < -0.3 is 14.7 Å². The monoisotopic (exact) mass is 189 g/mol. The number of aliphatic hydroxyl groups excluding tert-OH is 1.